The highest BCUT2D eigenvalue weighted by atomic mass is 32.1. The van der Waals surface area contributed by atoms with Gasteiger partial charge in [-0.25, -0.2) is 4.98 Å². The van der Waals surface area contributed by atoms with Gasteiger partial charge in [-0.3, -0.25) is 4.79 Å². The Morgan fingerprint density at radius 1 is 1.73 bits per heavy atom. The summed E-state index contributed by atoms with van der Waals surface area (Å²) < 4.78 is 5.13. The molecule has 0 radical (unpaired) electrons. The van der Waals surface area contributed by atoms with Crippen LogP contribution < -0.4 is 11.1 Å². The summed E-state index contributed by atoms with van der Waals surface area (Å²) in [5.41, 5.74) is 5.74. The van der Waals surface area contributed by atoms with Crippen LogP contribution in [0.5, 0.6) is 0 Å². The Balaban J connectivity index is 1.97. The monoisotopic (exact) mass is 227 g/mol. The van der Waals surface area contributed by atoms with Crippen LogP contribution >= 0.6 is 11.3 Å². The van der Waals surface area contributed by atoms with E-state index in [1.54, 1.807) is 6.20 Å². The van der Waals surface area contributed by atoms with E-state index in [9.17, 15) is 4.79 Å². The molecule has 1 aliphatic heterocycles. The summed E-state index contributed by atoms with van der Waals surface area (Å²) in [6, 6.07) is -0.203. The highest BCUT2D eigenvalue weighted by molar-refractivity contribution is 7.15. The number of nitrogens with two attached hydrogens (primary N) is 1. The van der Waals surface area contributed by atoms with Crippen LogP contribution in [0.3, 0.4) is 0 Å². The fraction of sp³-hybridized carbons (Fsp3) is 0.556. The number of rotatable bonds is 2. The number of aromatic nitrogens is 1. The minimum absolute atomic E-state index is 0.102. The zero-order valence-corrected chi connectivity index (χ0v) is 9.21. The molecule has 1 aromatic rings. The zero-order valence-electron chi connectivity index (χ0n) is 8.40. The van der Waals surface area contributed by atoms with Gasteiger partial charge in [-0.05, 0) is 6.92 Å². The molecule has 5 nitrogen and oxygen atoms in total. The first-order valence-corrected chi connectivity index (χ1v) is 5.55. The maximum Gasteiger partial charge on any atom is 0.233 e. The lowest BCUT2D eigenvalue weighted by Gasteiger charge is -2.11. The maximum absolute atomic E-state index is 11.7. The van der Waals surface area contributed by atoms with Crippen molar-refractivity contribution in [1.82, 2.24) is 4.98 Å². The Morgan fingerprint density at radius 2 is 2.53 bits per heavy atom. The molecule has 6 heteroatoms. The molecule has 1 amide bonds. The number of nitrogens with zero attached hydrogens (tertiary/aromatic N) is 1. The van der Waals surface area contributed by atoms with E-state index in [-0.39, 0.29) is 17.9 Å². The quantitative estimate of drug-likeness (QED) is 0.765. The average Bonchev–Trinajstić information content (AvgIpc) is 2.75. The molecule has 0 saturated carbocycles. The molecule has 2 atom stereocenters. The molecule has 2 unspecified atom stereocenters. The molecule has 1 saturated heterocycles. The number of aryl methyl sites for hydroxylation is 1. The Kier molecular flexibility index (Phi) is 2.99. The van der Waals surface area contributed by atoms with E-state index in [4.69, 9.17) is 10.5 Å². The van der Waals surface area contributed by atoms with Gasteiger partial charge in [-0.1, -0.05) is 0 Å². The molecule has 0 bridgehead atoms. The van der Waals surface area contributed by atoms with Crippen molar-refractivity contribution in [3.63, 3.8) is 0 Å². The van der Waals surface area contributed by atoms with Crippen molar-refractivity contribution in [2.45, 2.75) is 13.0 Å². The number of carbonyl (C=O) groups excluding carboxylic acids is 1. The van der Waals surface area contributed by atoms with Crippen LogP contribution in [0.1, 0.15) is 4.88 Å². The largest absolute Gasteiger partial charge is 0.379 e. The fourth-order valence-corrected chi connectivity index (χ4v) is 2.12. The number of anilines is 1. The van der Waals surface area contributed by atoms with Gasteiger partial charge in [0.05, 0.1) is 19.1 Å². The molecule has 0 aromatic carbocycles. The summed E-state index contributed by atoms with van der Waals surface area (Å²) in [7, 11) is 0. The molecular weight excluding hydrogens is 214 g/mol. The average molecular weight is 227 g/mol. The number of carbonyl (C=O) groups is 1. The number of ether oxygens (including phenoxy) is 1. The second-order valence-electron chi connectivity index (χ2n) is 3.57. The first kappa shape index (κ1) is 10.5. The lowest BCUT2D eigenvalue weighted by molar-refractivity contribution is -0.120. The predicted molar refractivity (Wildman–Crippen MR) is 57.8 cm³/mol. The highest BCUT2D eigenvalue weighted by Gasteiger charge is 2.31. The van der Waals surface area contributed by atoms with Gasteiger partial charge in [0, 0.05) is 17.1 Å². The molecule has 1 fully saturated rings. The molecule has 2 heterocycles. The number of thiazole rings is 1. The first-order chi connectivity index (χ1) is 7.16. The Hall–Kier alpha value is -0.980. The van der Waals surface area contributed by atoms with Gasteiger partial charge in [0.25, 0.3) is 0 Å². The van der Waals surface area contributed by atoms with Crippen molar-refractivity contribution in [2.75, 3.05) is 18.5 Å². The maximum atomic E-state index is 11.7. The molecule has 1 aromatic heterocycles. The number of amides is 1. The lowest BCUT2D eigenvalue weighted by Crippen LogP contribution is -2.37. The second-order valence-corrected chi connectivity index (χ2v) is 4.81. The first-order valence-electron chi connectivity index (χ1n) is 4.73. The highest BCUT2D eigenvalue weighted by Crippen LogP contribution is 2.19. The van der Waals surface area contributed by atoms with Crippen LogP contribution in [-0.4, -0.2) is 30.1 Å². The Morgan fingerprint density at radius 3 is 3.07 bits per heavy atom. The molecular formula is C9H13N3O2S. The molecule has 1 aliphatic rings. The summed E-state index contributed by atoms with van der Waals surface area (Å²) in [6.45, 7) is 2.80. The summed E-state index contributed by atoms with van der Waals surface area (Å²) >= 11 is 1.45. The van der Waals surface area contributed by atoms with Crippen LogP contribution in [0.2, 0.25) is 0 Å². The minimum atomic E-state index is -0.255. The summed E-state index contributed by atoms with van der Waals surface area (Å²) in [5.74, 6) is -0.358. The molecule has 15 heavy (non-hydrogen) atoms. The third-order valence-corrected chi connectivity index (χ3v) is 3.14. The van der Waals surface area contributed by atoms with Gasteiger partial charge in [-0.2, -0.15) is 0 Å². The van der Waals surface area contributed by atoms with Crippen molar-refractivity contribution in [3.8, 4) is 0 Å². The SMILES string of the molecule is Cc1cnc(NC(=O)C2COCC2N)s1. The van der Waals surface area contributed by atoms with Crippen LogP contribution in [-0.2, 0) is 9.53 Å². The topological polar surface area (TPSA) is 77.2 Å². The van der Waals surface area contributed by atoms with E-state index in [1.807, 2.05) is 6.92 Å². The van der Waals surface area contributed by atoms with Crippen LogP contribution in [0.25, 0.3) is 0 Å². The smallest absolute Gasteiger partial charge is 0.233 e. The van der Waals surface area contributed by atoms with Crippen LogP contribution in [0, 0.1) is 12.8 Å². The molecule has 82 valence electrons. The van der Waals surface area contributed by atoms with E-state index in [0.717, 1.165) is 4.88 Å². The van der Waals surface area contributed by atoms with Crippen LogP contribution in [0.4, 0.5) is 5.13 Å². The Labute approximate surface area is 91.6 Å². The number of hydrogen-bond donors (Lipinski definition) is 2. The van der Waals surface area contributed by atoms with Gasteiger partial charge in [0.15, 0.2) is 5.13 Å². The number of nitrogens with one attached hydrogen (secondary N) is 1. The van der Waals surface area contributed by atoms with Crippen molar-refractivity contribution < 1.29 is 9.53 Å². The van der Waals surface area contributed by atoms with E-state index in [2.05, 4.69) is 10.3 Å². The third-order valence-electron chi connectivity index (χ3n) is 2.31. The second kappa shape index (κ2) is 4.26. The van der Waals surface area contributed by atoms with Crippen molar-refractivity contribution >= 4 is 22.4 Å². The molecule has 0 aliphatic carbocycles. The lowest BCUT2D eigenvalue weighted by atomic mass is 10.0. The standard InChI is InChI=1S/C9H13N3O2S/c1-5-2-11-9(15-5)12-8(13)6-3-14-4-7(6)10/h2,6-7H,3-4,10H2,1H3,(H,11,12,13). The summed E-state index contributed by atoms with van der Waals surface area (Å²) in [4.78, 5) is 16.9. The summed E-state index contributed by atoms with van der Waals surface area (Å²) in [6.07, 6.45) is 1.73. The van der Waals surface area contributed by atoms with Crippen molar-refractivity contribution in [3.05, 3.63) is 11.1 Å². The van der Waals surface area contributed by atoms with Crippen molar-refractivity contribution in [1.29, 1.82) is 0 Å². The van der Waals surface area contributed by atoms with Crippen LogP contribution in [0.15, 0.2) is 6.20 Å². The van der Waals surface area contributed by atoms with E-state index in [0.29, 0.717) is 18.3 Å². The van der Waals surface area contributed by atoms with Gasteiger partial charge in [-0.15, -0.1) is 11.3 Å². The van der Waals surface area contributed by atoms with E-state index < -0.39 is 0 Å². The predicted octanol–water partition coefficient (Wildman–Crippen LogP) is 0.364. The molecule has 2 rings (SSSR count). The summed E-state index contributed by atoms with van der Waals surface area (Å²) in [5, 5.41) is 3.37. The fourth-order valence-electron chi connectivity index (χ4n) is 1.45. The van der Waals surface area contributed by atoms with Gasteiger partial charge in [0.2, 0.25) is 5.91 Å². The van der Waals surface area contributed by atoms with Gasteiger partial charge in [0.1, 0.15) is 0 Å². The van der Waals surface area contributed by atoms with Gasteiger partial charge < -0.3 is 15.8 Å². The van der Waals surface area contributed by atoms with E-state index >= 15 is 0 Å². The Bertz CT molecular complexity index is 366. The van der Waals surface area contributed by atoms with Crippen molar-refractivity contribution in [2.24, 2.45) is 11.7 Å². The molecule has 0 spiro atoms. The third kappa shape index (κ3) is 2.34. The zero-order chi connectivity index (χ0) is 10.8. The van der Waals surface area contributed by atoms with E-state index in [1.165, 1.54) is 11.3 Å². The minimum Gasteiger partial charge on any atom is -0.379 e. The number of hydrogen-bond acceptors (Lipinski definition) is 5. The molecule has 3 N–H and O–H groups in total. The normalized spacial score (nSPS) is 25.5. The van der Waals surface area contributed by atoms with Gasteiger partial charge >= 0.3 is 0 Å².